The van der Waals surface area contributed by atoms with Gasteiger partial charge >= 0.3 is 0 Å². The standard InChI is InChI=1S/C23H27ClFN7O2/c1-11-6-31(15-7-30(8-15)14(4)33)9-17-20(25)18(24)5-16(21(17)34-11)13(3)32-23-19(12(2)29-32)22(26)27-10-28-23/h5,10-11,13,15H,6-9H2,1-4H3,(H2,26,27,28)/t11-,13?/m0/s1. The van der Waals surface area contributed by atoms with E-state index in [1.807, 2.05) is 20.8 Å². The topological polar surface area (TPSA) is 102 Å². The molecule has 4 heterocycles. The Morgan fingerprint density at radius 2 is 2.06 bits per heavy atom. The Kier molecular flexibility index (Phi) is 5.60. The Morgan fingerprint density at radius 3 is 2.76 bits per heavy atom. The smallest absolute Gasteiger partial charge is 0.219 e. The lowest BCUT2D eigenvalue weighted by Crippen LogP contribution is -2.61. The number of carbonyl (C=O) groups is 1. The van der Waals surface area contributed by atoms with E-state index in [9.17, 15) is 4.79 Å². The fourth-order valence-corrected chi connectivity index (χ4v) is 5.13. The van der Waals surface area contributed by atoms with Crippen LogP contribution in [0.4, 0.5) is 10.2 Å². The van der Waals surface area contributed by atoms with Crippen molar-refractivity contribution in [3.8, 4) is 5.75 Å². The van der Waals surface area contributed by atoms with Crippen molar-refractivity contribution < 1.29 is 13.9 Å². The number of amides is 1. The van der Waals surface area contributed by atoms with Crippen molar-refractivity contribution >= 4 is 34.4 Å². The minimum Gasteiger partial charge on any atom is -0.489 e. The van der Waals surface area contributed by atoms with Crippen LogP contribution in [0.3, 0.4) is 0 Å². The number of aryl methyl sites for hydroxylation is 1. The third kappa shape index (κ3) is 3.65. The quantitative estimate of drug-likeness (QED) is 0.606. The Morgan fingerprint density at radius 1 is 1.32 bits per heavy atom. The van der Waals surface area contributed by atoms with Gasteiger partial charge in [-0.05, 0) is 26.8 Å². The minimum atomic E-state index is -0.484. The number of aromatic nitrogens is 4. The number of nitrogens with two attached hydrogens (primary N) is 1. The van der Waals surface area contributed by atoms with E-state index in [1.165, 1.54) is 6.33 Å². The number of rotatable bonds is 3. The molecular formula is C23H27ClFN7O2. The Balaban J connectivity index is 1.56. The fraction of sp³-hybridized carbons (Fsp3) is 0.478. The van der Waals surface area contributed by atoms with Crippen molar-refractivity contribution in [3.63, 3.8) is 0 Å². The highest BCUT2D eigenvalue weighted by Crippen LogP contribution is 2.41. The Labute approximate surface area is 201 Å². The number of carbonyl (C=O) groups excluding carboxylic acids is 1. The van der Waals surface area contributed by atoms with Crippen molar-refractivity contribution in [1.82, 2.24) is 29.5 Å². The zero-order valence-electron chi connectivity index (χ0n) is 19.5. The molecule has 0 spiro atoms. The molecule has 0 radical (unpaired) electrons. The van der Waals surface area contributed by atoms with Gasteiger partial charge in [-0.3, -0.25) is 9.69 Å². The van der Waals surface area contributed by atoms with Crippen LogP contribution in [-0.4, -0.2) is 67.2 Å². The van der Waals surface area contributed by atoms with Gasteiger partial charge in [0.2, 0.25) is 5.91 Å². The SMILES string of the molecule is CC(=O)N1CC(N2Cc3c(F)c(Cl)cc(C(C)n4nc(C)c5c(N)ncnc54)c3O[C@@H](C)C2)C1. The van der Waals surface area contributed by atoms with Crippen molar-refractivity contribution in [2.45, 2.75) is 52.4 Å². The van der Waals surface area contributed by atoms with E-state index in [-0.39, 0.29) is 29.1 Å². The molecule has 0 saturated carbocycles. The van der Waals surface area contributed by atoms with Crippen LogP contribution in [0.25, 0.3) is 11.0 Å². The monoisotopic (exact) mass is 487 g/mol. The van der Waals surface area contributed by atoms with Gasteiger partial charge in [0, 0.05) is 50.3 Å². The molecule has 2 N–H and O–H groups in total. The molecule has 1 saturated heterocycles. The molecule has 5 rings (SSSR count). The van der Waals surface area contributed by atoms with E-state index >= 15 is 4.39 Å². The van der Waals surface area contributed by atoms with E-state index in [4.69, 9.17) is 22.1 Å². The molecule has 180 valence electrons. The van der Waals surface area contributed by atoms with Crippen molar-refractivity contribution in [1.29, 1.82) is 0 Å². The van der Waals surface area contributed by atoms with Crippen molar-refractivity contribution in [2.24, 2.45) is 0 Å². The maximum absolute atomic E-state index is 15.3. The number of nitrogen functional groups attached to an aromatic ring is 1. The lowest BCUT2D eigenvalue weighted by molar-refractivity contribution is -0.136. The van der Waals surface area contributed by atoms with Crippen LogP contribution < -0.4 is 10.5 Å². The molecule has 2 atom stereocenters. The summed E-state index contributed by atoms with van der Waals surface area (Å²) in [5.41, 5.74) is 8.50. The summed E-state index contributed by atoms with van der Waals surface area (Å²) < 4.78 is 23.4. The number of benzene rings is 1. The molecule has 0 bridgehead atoms. The highest BCUT2D eigenvalue weighted by molar-refractivity contribution is 6.31. The van der Waals surface area contributed by atoms with Crippen LogP contribution in [0, 0.1) is 12.7 Å². The first kappa shape index (κ1) is 22.8. The van der Waals surface area contributed by atoms with E-state index in [0.717, 1.165) is 5.56 Å². The van der Waals surface area contributed by atoms with Gasteiger partial charge in [-0.15, -0.1) is 0 Å². The first-order valence-electron chi connectivity index (χ1n) is 11.3. The number of anilines is 1. The third-order valence-corrected chi connectivity index (χ3v) is 7.07. The molecule has 1 amide bonds. The molecule has 9 nitrogen and oxygen atoms in total. The first-order valence-corrected chi connectivity index (χ1v) is 11.7. The molecule has 1 fully saturated rings. The van der Waals surface area contributed by atoms with Crippen LogP contribution >= 0.6 is 11.6 Å². The van der Waals surface area contributed by atoms with Gasteiger partial charge < -0.3 is 15.4 Å². The van der Waals surface area contributed by atoms with Crippen LogP contribution in [-0.2, 0) is 11.3 Å². The van der Waals surface area contributed by atoms with E-state index in [1.54, 1.807) is 22.6 Å². The molecule has 1 aromatic carbocycles. The number of hydrogen-bond acceptors (Lipinski definition) is 7. The third-order valence-electron chi connectivity index (χ3n) is 6.80. The zero-order valence-corrected chi connectivity index (χ0v) is 20.3. The predicted molar refractivity (Wildman–Crippen MR) is 126 cm³/mol. The van der Waals surface area contributed by atoms with Gasteiger partial charge in [-0.2, -0.15) is 5.10 Å². The second kappa shape index (κ2) is 8.35. The average Bonchev–Trinajstić information content (AvgIpc) is 2.98. The van der Waals surface area contributed by atoms with E-state index < -0.39 is 5.82 Å². The number of halogens is 2. The average molecular weight is 488 g/mol. The summed E-state index contributed by atoms with van der Waals surface area (Å²) in [6.45, 7) is 9.53. The molecule has 34 heavy (non-hydrogen) atoms. The number of likely N-dealkylation sites (tertiary alicyclic amines) is 1. The lowest BCUT2D eigenvalue weighted by atomic mass is 10.0. The lowest BCUT2D eigenvalue weighted by Gasteiger charge is -2.45. The number of ether oxygens (including phenoxy) is 1. The summed E-state index contributed by atoms with van der Waals surface area (Å²) in [5, 5.41) is 5.37. The van der Waals surface area contributed by atoms with Crippen molar-refractivity contribution in [3.05, 3.63) is 40.1 Å². The summed E-state index contributed by atoms with van der Waals surface area (Å²) in [7, 11) is 0. The predicted octanol–water partition coefficient (Wildman–Crippen LogP) is 2.93. The molecule has 2 aliphatic heterocycles. The minimum absolute atomic E-state index is 0.0278. The van der Waals surface area contributed by atoms with Crippen LogP contribution in [0.5, 0.6) is 5.75 Å². The number of hydrogen-bond donors (Lipinski definition) is 1. The highest BCUT2D eigenvalue weighted by atomic mass is 35.5. The van der Waals surface area contributed by atoms with Gasteiger partial charge in [-0.1, -0.05) is 11.6 Å². The van der Waals surface area contributed by atoms with Crippen LogP contribution in [0.15, 0.2) is 12.4 Å². The van der Waals surface area contributed by atoms with Gasteiger partial charge in [0.1, 0.15) is 29.8 Å². The molecular weight excluding hydrogens is 461 g/mol. The summed E-state index contributed by atoms with van der Waals surface area (Å²) in [6.07, 6.45) is 1.22. The number of nitrogens with zero attached hydrogens (tertiary/aromatic N) is 6. The Hall–Kier alpha value is -2.98. The number of fused-ring (bicyclic) bond motifs is 2. The summed E-state index contributed by atoms with van der Waals surface area (Å²) in [5.74, 6) is 0.405. The highest BCUT2D eigenvalue weighted by Gasteiger charge is 2.38. The molecule has 2 aliphatic rings. The van der Waals surface area contributed by atoms with Gasteiger partial charge in [0.15, 0.2) is 5.65 Å². The fourth-order valence-electron chi connectivity index (χ4n) is 4.90. The van der Waals surface area contributed by atoms with E-state index in [0.29, 0.717) is 60.0 Å². The summed E-state index contributed by atoms with van der Waals surface area (Å²) in [4.78, 5) is 24.1. The van der Waals surface area contributed by atoms with Gasteiger partial charge in [0.05, 0.1) is 22.1 Å². The second-order valence-corrected chi connectivity index (χ2v) is 9.58. The normalized spacial score (nSPS) is 19.9. The van der Waals surface area contributed by atoms with Gasteiger partial charge in [0.25, 0.3) is 0 Å². The van der Waals surface area contributed by atoms with Gasteiger partial charge in [-0.25, -0.2) is 19.0 Å². The molecule has 2 aromatic heterocycles. The van der Waals surface area contributed by atoms with Crippen molar-refractivity contribution in [2.75, 3.05) is 25.4 Å². The Bertz CT molecular complexity index is 1290. The molecule has 3 aromatic rings. The maximum atomic E-state index is 15.3. The van der Waals surface area contributed by atoms with Crippen LogP contribution in [0.1, 0.15) is 43.6 Å². The largest absolute Gasteiger partial charge is 0.489 e. The maximum Gasteiger partial charge on any atom is 0.219 e. The zero-order chi connectivity index (χ0) is 24.3. The first-order chi connectivity index (χ1) is 16.2. The van der Waals surface area contributed by atoms with E-state index in [2.05, 4.69) is 20.0 Å². The second-order valence-electron chi connectivity index (χ2n) is 9.17. The van der Waals surface area contributed by atoms with Crippen LogP contribution in [0.2, 0.25) is 5.02 Å². The summed E-state index contributed by atoms with van der Waals surface area (Å²) in [6, 6.07) is 1.40. The summed E-state index contributed by atoms with van der Waals surface area (Å²) >= 11 is 6.38. The molecule has 11 heteroatoms. The molecule has 1 unspecified atom stereocenters. The molecule has 0 aliphatic carbocycles.